The number of hydrogen-bond donors (Lipinski definition) is 0. The molecule has 0 amide bonds. The molecule has 0 N–H and O–H groups in total. The Bertz CT molecular complexity index is 552. The monoisotopic (exact) mass is 288 g/mol. The van der Waals surface area contributed by atoms with Gasteiger partial charge in [0.2, 0.25) is 0 Å². The Hall–Kier alpha value is -0.760. The predicted octanol–water partition coefficient (Wildman–Crippen LogP) is 5.54. The molecule has 0 bridgehead atoms. The van der Waals surface area contributed by atoms with Crippen LogP contribution in [0.25, 0.3) is 11.1 Å². The molecule has 4 heteroatoms. The van der Waals surface area contributed by atoms with Gasteiger partial charge in [-0.1, -0.05) is 35.3 Å². The molecule has 0 radical (unpaired) electrons. The Balaban J connectivity index is 2.53. The summed E-state index contributed by atoms with van der Waals surface area (Å²) in [7, 11) is 0. The van der Waals surface area contributed by atoms with E-state index < -0.39 is 0 Å². The molecule has 0 aliphatic heterocycles. The van der Waals surface area contributed by atoms with Gasteiger partial charge in [-0.05, 0) is 29.8 Å². The third-order valence-corrected chi connectivity index (χ3v) is 3.27. The molecule has 88 valence electrons. The number of alkyl halides is 1. The first-order valence-corrected chi connectivity index (χ1v) is 6.20. The van der Waals surface area contributed by atoms with Gasteiger partial charge in [0.25, 0.3) is 0 Å². The molecule has 17 heavy (non-hydrogen) atoms. The lowest BCUT2D eigenvalue weighted by atomic mass is 10.0. The van der Waals surface area contributed by atoms with Gasteiger partial charge in [-0.3, -0.25) is 0 Å². The van der Waals surface area contributed by atoms with Crippen molar-refractivity contribution in [1.82, 2.24) is 0 Å². The predicted molar refractivity (Wildman–Crippen MR) is 71.4 cm³/mol. The molecule has 0 fully saturated rings. The average molecular weight is 290 g/mol. The molecule has 0 saturated carbocycles. The van der Waals surface area contributed by atoms with E-state index in [0.29, 0.717) is 15.6 Å². The standard InChI is InChI=1S/C13H8Cl3F/c14-7-9-5-8(1-4-13(9)17)11-3-2-10(15)6-12(11)16/h1-6H,7H2. The second kappa shape index (κ2) is 5.26. The largest absolute Gasteiger partial charge is 0.207 e. The maximum absolute atomic E-state index is 13.3. The molecular weight excluding hydrogens is 282 g/mol. The van der Waals surface area contributed by atoms with Crippen LogP contribution >= 0.6 is 34.8 Å². The lowest BCUT2D eigenvalue weighted by molar-refractivity contribution is 0.617. The Kier molecular flexibility index (Phi) is 3.93. The summed E-state index contributed by atoms with van der Waals surface area (Å²) < 4.78 is 13.3. The fourth-order valence-corrected chi connectivity index (χ4v) is 2.29. The fraction of sp³-hybridized carbons (Fsp3) is 0.0769. The summed E-state index contributed by atoms with van der Waals surface area (Å²) in [5.74, 6) is -0.181. The number of benzene rings is 2. The first-order valence-electron chi connectivity index (χ1n) is 4.91. The molecule has 0 spiro atoms. The quantitative estimate of drug-likeness (QED) is 0.637. The zero-order valence-corrected chi connectivity index (χ0v) is 11.0. The molecule has 0 aliphatic rings. The Morgan fingerprint density at radius 2 is 1.76 bits per heavy atom. The molecule has 2 rings (SSSR count). The molecule has 0 nitrogen and oxygen atoms in total. The van der Waals surface area contributed by atoms with Crippen molar-refractivity contribution >= 4 is 34.8 Å². The Morgan fingerprint density at radius 3 is 2.41 bits per heavy atom. The van der Waals surface area contributed by atoms with Crippen molar-refractivity contribution in [3.05, 3.63) is 57.8 Å². The van der Waals surface area contributed by atoms with Crippen molar-refractivity contribution in [2.24, 2.45) is 0 Å². The molecule has 0 heterocycles. The van der Waals surface area contributed by atoms with Crippen molar-refractivity contribution < 1.29 is 4.39 Å². The van der Waals surface area contributed by atoms with E-state index in [1.807, 2.05) is 0 Å². The third-order valence-electron chi connectivity index (χ3n) is 2.43. The second-order valence-corrected chi connectivity index (χ2v) is 4.67. The van der Waals surface area contributed by atoms with E-state index in [-0.39, 0.29) is 11.7 Å². The summed E-state index contributed by atoms with van der Waals surface area (Å²) in [6.07, 6.45) is 0. The number of rotatable bonds is 2. The minimum Gasteiger partial charge on any atom is -0.207 e. The molecule has 0 aromatic heterocycles. The van der Waals surface area contributed by atoms with Gasteiger partial charge in [-0.2, -0.15) is 0 Å². The van der Waals surface area contributed by atoms with Gasteiger partial charge < -0.3 is 0 Å². The van der Waals surface area contributed by atoms with Crippen LogP contribution in [0, 0.1) is 5.82 Å². The molecule has 2 aromatic carbocycles. The van der Waals surface area contributed by atoms with E-state index in [2.05, 4.69) is 0 Å². The van der Waals surface area contributed by atoms with Crippen LogP contribution in [0.1, 0.15) is 5.56 Å². The topological polar surface area (TPSA) is 0 Å². The lowest BCUT2D eigenvalue weighted by Crippen LogP contribution is -1.88. The van der Waals surface area contributed by atoms with Crippen molar-refractivity contribution in [1.29, 1.82) is 0 Å². The van der Waals surface area contributed by atoms with Crippen LogP contribution in [-0.2, 0) is 5.88 Å². The molecule has 0 aliphatic carbocycles. The van der Waals surface area contributed by atoms with Gasteiger partial charge in [0.1, 0.15) is 5.82 Å². The van der Waals surface area contributed by atoms with E-state index in [9.17, 15) is 4.39 Å². The van der Waals surface area contributed by atoms with Crippen LogP contribution in [0.2, 0.25) is 10.0 Å². The van der Waals surface area contributed by atoms with Crippen LogP contribution < -0.4 is 0 Å². The van der Waals surface area contributed by atoms with Crippen LogP contribution in [-0.4, -0.2) is 0 Å². The van der Waals surface area contributed by atoms with Crippen molar-refractivity contribution in [3.8, 4) is 11.1 Å². The first kappa shape index (κ1) is 12.7. The maximum Gasteiger partial charge on any atom is 0.127 e. The second-order valence-electron chi connectivity index (χ2n) is 3.56. The fourth-order valence-electron chi connectivity index (χ4n) is 1.57. The van der Waals surface area contributed by atoms with E-state index >= 15 is 0 Å². The van der Waals surface area contributed by atoms with Gasteiger partial charge >= 0.3 is 0 Å². The SMILES string of the molecule is Fc1ccc(-c2ccc(Cl)cc2Cl)cc1CCl. The summed E-state index contributed by atoms with van der Waals surface area (Å²) in [5, 5.41) is 1.10. The highest BCUT2D eigenvalue weighted by molar-refractivity contribution is 6.36. The zero-order chi connectivity index (χ0) is 12.4. The van der Waals surface area contributed by atoms with Crippen molar-refractivity contribution in [2.75, 3.05) is 0 Å². The molecular formula is C13H8Cl3F. The third kappa shape index (κ3) is 2.74. The molecule has 0 unspecified atom stereocenters. The van der Waals surface area contributed by atoms with Crippen LogP contribution in [0.3, 0.4) is 0 Å². The number of hydrogen-bond acceptors (Lipinski definition) is 0. The van der Waals surface area contributed by atoms with Gasteiger partial charge in [0, 0.05) is 21.2 Å². The minimum absolute atomic E-state index is 0.130. The van der Waals surface area contributed by atoms with Gasteiger partial charge in [0.05, 0.1) is 5.88 Å². The van der Waals surface area contributed by atoms with E-state index in [1.165, 1.54) is 6.07 Å². The summed E-state index contributed by atoms with van der Waals surface area (Å²) in [6, 6.07) is 9.94. The van der Waals surface area contributed by atoms with Crippen LogP contribution in [0.4, 0.5) is 4.39 Å². The summed E-state index contributed by atoms with van der Waals surface area (Å²) in [6.45, 7) is 0. The van der Waals surface area contributed by atoms with Gasteiger partial charge in [-0.25, -0.2) is 4.39 Å². The summed E-state index contributed by atoms with van der Waals surface area (Å²) >= 11 is 17.6. The van der Waals surface area contributed by atoms with Crippen molar-refractivity contribution in [2.45, 2.75) is 5.88 Å². The maximum atomic E-state index is 13.3. The smallest absolute Gasteiger partial charge is 0.127 e. The molecule has 2 aromatic rings. The van der Waals surface area contributed by atoms with E-state index in [4.69, 9.17) is 34.8 Å². The Morgan fingerprint density at radius 1 is 1.00 bits per heavy atom. The summed E-state index contributed by atoms with van der Waals surface area (Å²) in [4.78, 5) is 0. The highest BCUT2D eigenvalue weighted by Crippen LogP contribution is 2.31. The van der Waals surface area contributed by atoms with Gasteiger partial charge in [0.15, 0.2) is 0 Å². The average Bonchev–Trinajstić information content (AvgIpc) is 2.30. The van der Waals surface area contributed by atoms with Gasteiger partial charge in [-0.15, -0.1) is 11.6 Å². The zero-order valence-electron chi connectivity index (χ0n) is 8.68. The highest BCUT2D eigenvalue weighted by Gasteiger charge is 2.07. The number of halogens is 4. The van der Waals surface area contributed by atoms with Crippen LogP contribution in [0.5, 0.6) is 0 Å². The molecule has 0 saturated heterocycles. The van der Waals surface area contributed by atoms with E-state index in [1.54, 1.807) is 30.3 Å². The minimum atomic E-state index is -0.311. The lowest BCUT2D eigenvalue weighted by Gasteiger charge is -2.07. The van der Waals surface area contributed by atoms with Crippen molar-refractivity contribution in [3.63, 3.8) is 0 Å². The first-order chi connectivity index (χ1) is 8.11. The normalized spacial score (nSPS) is 10.6. The van der Waals surface area contributed by atoms with Crippen LogP contribution in [0.15, 0.2) is 36.4 Å². The Labute approximate surface area is 114 Å². The molecule has 0 atom stereocenters. The highest BCUT2D eigenvalue weighted by atomic mass is 35.5. The van der Waals surface area contributed by atoms with E-state index in [0.717, 1.165) is 11.1 Å². The summed E-state index contributed by atoms with van der Waals surface area (Å²) in [5.41, 5.74) is 2.08.